The second-order valence-corrected chi connectivity index (χ2v) is 5.83. The number of methoxy groups -OCH3 is 1. The first-order valence-electron chi connectivity index (χ1n) is 5.17. The molecule has 0 N–H and O–H groups in total. The zero-order valence-corrected chi connectivity index (χ0v) is 12.1. The second kappa shape index (κ2) is 5.31. The summed E-state index contributed by atoms with van der Waals surface area (Å²) in [4.78, 5) is 12.9. The van der Waals surface area contributed by atoms with Gasteiger partial charge in [-0.2, -0.15) is 0 Å². The van der Waals surface area contributed by atoms with Gasteiger partial charge in [-0.25, -0.2) is 0 Å². The molecule has 0 saturated heterocycles. The summed E-state index contributed by atoms with van der Waals surface area (Å²) in [7, 11) is 1.51. The summed E-state index contributed by atoms with van der Waals surface area (Å²) < 4.78 is 5.80. The number of halogens is 2. The summed E-state index contributed by atoms with van der Waals surface area (Å²) in [5.74, 6) is 0.359. The van der Waals surface area contributed by atoms with E-state index in [1.54, 1.807) is 24.3 Å². The fourth-order valence-electron chi connectivity index (χ4n) is 1.56. The highest BCUT2D eigenvalue weighted by atomic mass is 35.5. The maximum atomic E-state index is 12.3. The Morgan fingerprint density at radius 2 is 2.00 bits per heavy atom. The Morgan fingerprint density at radius 1 is 1.28 bits per heavy atom. The van der Waals surface area contributed by atoms with Gasteiger partial charge in [-0.3, -0.25) is 4.79 Å². The molecule has 0 aliphatic rings. The first-order valence-corrected chi connectivity index (χ1v) is 6.74. The SMILES string of the molecule is COc1cc(Cl)ccc1C(=O)c1cc(C)c(Cl)s1. The summed E-state index contributed by atoms with van der Waals surface area (Å²) in [5.41, 5.74) is 1.39. The van der Waals surface area contributed by atoms with Crippen LogP contribution in [0.5, 0.6) is 5.75 Å². The van der Waals surface area contributed by atoms with Crippen molar-refractivity contribution in [2.24, 2.45) is 0 Å². The van der Waals surface area contributed by atoms with Crippen LogP contribution in [0.15, 0.2) is 24.3 Å². The molecule has 2 rings (SSSR count). The third-order valence-electron chi connectivity index (χ3n) is 2.49. The summed E-state index contributed by atoms with van der Waals surface area (Å²) in [6.07, 6.45) is 0. The Labute approximate surface area is 119 Å². The van der Waals surface area contributed by atoms with Crippen LogP contribution in [-0.4, -0.2) is 12.9 Å². The summed E-state index contributed by atoms with van der Waals surface area (Å²) >= 11 is 13.1. The highest BCUT2D eigenvalue weighted by Crippen LogP contribution is 2.31. The Bertz CT molecular complexity index is 586. The van der Waals surface area contributed by atoms with Crippen LogP contribution in [0.2, 0.25) is 9.36 Å². The molecule has 1 aromatic heterocycles. The first kappa shape index (κ1) is 13.4. The Hall–Kier alpha value is -1.03. The van der Waals surface area contributed by atoms with Crippen molar-refractivity contribution in [2.75, 3.05) is 7.11 Å². The highest BCUT2D eigenvalue weighted by Gasteiger charge is 2.17. The van der Waals surface area contributed by atoms with Crippen LogP contribution in [0.4, 0.5) is 0 Å². The molecule has 0 aliphatic heterocycles. The maximum absolute atomic E-state index is 12.3. The number of ether oxygens (including phenoxy) is 1. The number of hydrogen-bond acceptors (Lipinski definition) is 3. The van der Waals surface area contributed by atoms with E-state index in [9.17, 15) is 4.79 Å². The van der Waals surface area contributed by atoms with E-state index in [-0.39, 0.29) is 5.78 Å². The Kier molecular flexibility index (Phi) is 3.95. The van der Waals surface area contributed by atoms with Gasteiger partial charge in [-0.1, -0.05) is 23.2 Å². The van der Waals surface area contributed by atoms with Crippen molar-refractivity contribution in [3.05, 3.63) is 49.6 Å². The van der Waals surface area contributed by atoms with Crippen molar-refractivity contribution in [3.8, 4) is 5.75 Å². The summed E-state index contributed by atoms with van der Waals surface area (Å²) in [6.45, 7) is 1.87. The van der Waals surface area contributed by atoms with Gasteiger partial charge < -0.3 is 4.74 Å². The highest BCUT2D eigenvalue weighted by molar-refractivity contribution is 7.18. The minimum absolute atomic E-state index is 0.108. The fraction of sp³-hybridized carbons (Fsp3) is 0.154. The molecule has 2 nitrogen and oxygen atoms in total. The van der Waals surface area contributed by atoms with Crippen molar-refractivity contribution in [3.63, 3.8) is 0 Å². The number of aryl methyl sites for hydroxylation is 1. The van der Waals surface area contributed by atoms with Crippen LogP contribution in [0, 0.1) is 6.92 Å². The lowest BCUT2D eigenvalue weighted by molar-refractivity contribution is 0.103. The molecule has 0 fully saturated rings. The van der Waals surface area contributed by atoms with Crippen molar-refractivity contribution in [2.45, 2.75) is 6.92 Å². The zero-order chi connectivity index (χ0) is 13.3. The molecule has 18 heavy (non-hydrogen) atoms. The lowest BCUT2D eigenvalue weighted by atomic mass is 10.1. The van der Waals surface area contributed by atoms with Crippen LogP contribution in [0.3, 0.4) is 0 Å². The molecular weight excluding hydrogens is 291 g/mol. The third-order valence-corrected chi connectivity index (χ3v) is 4.28. The predicted molar refractivity (Wildman–Crippen MR) is 75.5 cm³/mol. The van der Waals surface area contributed by atoms with E-state index in [1.807, 2.05) is 6.92 Å². The van der Waals surface area contributed by atoms with Gasteiger partial charge in [0.15, 0.2) is 0 Å². The van der Waals surface area contributed by atoms with E-state index in [1.165, 1.54) is 18.4 Å². The van der Waals surface area contributed by atoms with Gasteiger partial charge in [-0.05, 0) is 36.8 Å². The van der Waals surface area contributed by atoms with Crippen molar-refractivity contribution < 1.29 is 9.53 Å². The molecule has 0 radical (unpaired) electrons. The monoisotopic (exact) mass is 300 g/mol. The minimum Gasteiger partial charge on any atom is -0.496 e. The molecule has 0 saturated carbocycles. The number of hydrogen-bond donors (Lipinski definition) is 0. The van der Waals surface area contributed by atoms with Crippen molar-refractivity contribution in [1.82, 2.24) is 0 Å². The van der Waals surface area contributed by atoms with Gasteiger partial charge in [0.1, 0.15) is 5.75 Å². The van der Waals surface area contributed by atoms with Gasteiger partial charge in [-0.15, -0.1) is 11.3 Å². The van der Waals surface area contributed by atoms with Gasteiger partial charge >= 0.3 is 0 Å². The number of carbonyl (C=O) groups is 1. The number of thiophene rings is 1. The van der Waals surface area contributed by atoms with E-state index in [0.29, 0.717) is 25.5 Å². The Morgan fingerprint density at radius 3 is 2.56 bits per heavy atom. The van der Waals surface area contributed by atoms with E-state index in [2.05, 4.69) is 0 Å². The molecule has 0 unspecified atom stereocenters. The average molecular weight is 301 g/mol. The maximum Gasteiger partial charge on any atom is 0.206 e. The largest absolute Gasteiger partial charge is 0.496 e. The van der Waals surface area contributed by atoms with Gasteiger partial charge in [0, 0.05) is 5.02 Å². The van der Waals surface area contributed by atoms with Gasteiger partial charge in [0.25, 0.3) is 0 Å². The molecule has 0 bridgehead atoms. The van der Waals surface area contributed by atoms with E-state index >= 15 is 0 Å². The number of ketones is 1. The standard InChI is InChI=1S/C13H10Cl2O2S/c1-7-5-11(18-13(7)15)12(16)9-4-3-8(14)6-10(9)17-2/h3-6H,1-2H3. The smallest absolute Gasteiger partial charge is 0.206 e. The quantitative estimate of drug-likeness (QED) is 0.774. The fourth-order valence-corrected chi connectivity index (χ4v) is 2.87. The molecule has 0 amide bonds. The molecule has 2 aromatic rings. The molecular formula is C13H10Cl2O2S. The Balaban J connectivity index is 2.45. The minimum atomic E-state index is -0.108. The molecule has 5 heteroatoms. The molecule has 0 atom stereocenters. The van der Waals surface area contributed by atoms with Crippen LogP contribution in [-0.2, 0) is 0 Å². The van der Waals surface area contributed by atoms with E-state index < -0.39 is 0 Å². The first-order chi connectivity index (χ1) is 8.52. The van der Waals surface area contributed by atoms with Crippen LogP contribution in [0.1, 0.15) is 20.8 Å². The lowest BCUT2D eigenvalue weighted by Crippen LogP contribution is -2.01. The number of carbonyl (C=O) groups excluding carboxylic acids is 1. The topological polar surface area (TPSA) is 26.3 Å². The van der Waals surface area contributed by atoms with Crippen LogP contribution in [0.25, 0.3) is 0 Å². The molecule has 94 valence electrons. The number of benzene rings is 1. The second-order valence-electron chi connectivity index (χ2n) is 3.74. The molecule has 0 spiro atoms. The van der Waals surface area contributed by atoms with Crippen molar-refractivity contribution in [1.29, 1.82) is 0 Å². The predicted octanol–water partition coefficient (Wildman–Crippen LogP) is 4.60. The zero-order valence-electron chi connectivity index (χ0n) is 9.79. The number of rotatable bonds is 3. The summed E-state index contributed by atoms with van der Waals surface area (Å²) in [5, 5.41) is 0.531. The van der Waals surface area contributed by atoms with E-state index in [4.69, 9.17) is 27.9 Å². The normalized spacial score (nSPS) is 10.4. The van der Waals surface area contributed by atoms with Crippen molar-refractivity contribution >= 4 is 40.3 Å². The van der Waals surface area contributed by atoms with Gasteiger partial charge in [0.2, 0.25) is 5.78 Å². The molecule has 1 heterocycles. The molecule has 0 aliphatic carbocycles. The van der Waals surface area contributed by atoms with Crippen LogP contribution < -0.4 is 4.74 Å². The molecule has 1 aromatic carbocycles. The van der Waals surface area contributed by atoms with Crippen LogP contribution >= 0.6 is 34.5 Å². The lowest BCUT2D eigenvalue weighted by Gasteiger charge is -2.06. The van der Waals surface area contributed by atoms with Gasteiger partial charge in [0.05, 0.1) is 21.9 Å². The summed E-state index contributed by atoms with van der Waals surface area (Å²) in [6, 6.07) is 6.73. The van der Waals surface area contributed by atoms with E-state index in [0.717, 1.165) is 5.56 Å². The third kappa shape index (κ3) is 2.53. The average Bonchev–Trinajstić information content (AvgIpc) is 2.68.